The van der Waals surface area contributed by atoms with Crippen LogP contribution in [-0.2, 0) is 4.79 Å². The minimum atomic E-state index is -1.21. The van der Waals surface area contributed by atoms with Crippen LogP contribution in [0.15, 0.2) is 57.0 Å². The Morgan fingerprint density at radius 2 is 1.88 bits per heavy atom. The lowest BCUT2D eigenvalue weighted by Gasteiger charge is -2.28. The number of nitrogens with zero attached hydrogens (tertiary/aromatic N) is 4. The summed E-state index contributed by atoms with van der Waals surface area (Å²) in [6.07, 6.45) is 4.44. The third kappa shape index (κ3) is 5.52. The van der Waals surface area contributed by atoms with Gasteiger partial charge < -0.3 is 14.4 Å². The highest BCUT2D eigenvalue weighted by atomic mass is 35.5. The van der Waals surface area contributed by atoms with Gasteiger partial charge in [-0.25, -0.2) is 4.79 Å². The Labute approximate surface area is 198 Å². The number of aliphatic carboxylic acids is 1. The highest BCUT2D eigenvalue weighted by molar-refractivity contribution is 8.03. The second-order valence-electron chi connectivity index (χ2n) is 7.35. The van der Waals surface area contributed by atoms with Crippen molar-refractivity contribution in [3.63, 3.8) is 0 Å². The van der Waals surface area contributed by atoms with Gasteiger partial charge in [-0.1, -0.05) is 17.7 Å². The number of nitro groups is 1. The maximum absolute atomic E-state index is 11.8. The number of hydrogen-bond donors (Lipinski definition) is 1. The smallest absolute Gasteiger partial charge is 0.342 e. The maximum Gasteiger partial charge on any atom is 0.342 e. The first kappa shape index (κ1) is 22.8. The number of anilines is 1. The van der Waals surface area contributed by atoms with E-state index in [-0.39, 0.29) is 21.7 Å². The molecule has 2 aromatic carbocycles. The van der Waals surface area contributed by atoms with Crippen LogP contribution >= 0.6 is 23.4 Å². The Bertz CT molecular complexity index is 1210. The summed E-state index contributed by atoms with van der Waals surface area (Å²) in [5.41, 5.74) is 1.53. The molecule has 9 nitrogen and oxygen atoms in total. The molecule has 0 aliphatic carbocycles. The topological polar surface area (TPSA) is 123 Å². The van der Waals surface area contributed by atoms with Crippen LogP contribution in [0.25, 0.3) is 17.5 Å². The van der Waals surface area contributed by atoms with E-state index in [0.29, 0.717) is 21.8 Å². The van der Waals surface area contributed by atoms with Gasteiger partial charge in [0.1, 0.15) is 10.6 Å². The van der Waals surface area contributed by atoms with Gasteiger partial charge in [0.25, 0.3) is 10.9 Å². The van der Waals surface area contributed by atoms with E-state index in [1.807, 2.05) is 4.90 Å². The zero-order valence-electron chi connectivity index (χ0n) is 17.3. The minimum Gasteiger partial charge on any atom is -0.477 e. The molecule has 1 saturated heterocycles. The lowest BCUT2D eigenvalue weighted by Crippen LogP contribution is -2.29. The van der Waals surface area contributed by atoms with Crippen LogP contribution in [-0.4, -0.2) is 39.3 Å². The second kappa shape index (κ2) is 10.1. The first-order valence-corrected chi connectivity index (χ1v) is 11.4. The Hall–Kier alpha value is -3.37. The average molecular weight is 487 g/mol. The Morgan fingerprint density at radius 3 is 2.55 bits per heavy atom. The molecule has 0 bridgehead atoms. The van der Waals surface area contributed by atoms with Crippen LogP contribution < -0.4 is 4.90 Å². The highest BCUT2D eigenvalue weighted by Crippen LogP contribution is 2.34. The largest absolute Gasteiger partial charge is 0.477 e. The molecule has 1 fully saturated rings. The molecule has 2 heterocycles. The number of nitro benzene ring substituents is 1. The fraction of sp³-hybridized carbons (Fsp3) is 0.227. The number of thioether (sulfide) groups is 1. The van der Waals surface area contributed by atoms with Gasteiger partial charge in [-0.3, -0.25) is 10.1 Å². The number of piperidine rings is 1. The van der Waals surface area contributed by atoms with Gasteiger partial charge in [-0.15, -0.1) is 10.2 Å². The van der Waals surface area contributed by atoms with Crippen molar-refractivity contribution >= 4 is 46.8 Å². The van der Waals surface area contributed by atoms with Crippen molar-refractivity contribution in [1.82, 2.24) is 10.2 Å². The average Bonchev–Trinajstić information content (AvgIpc) is 3.28. The normalized spacial score (nSPS) is 14.3. The molecule has 0 amide bonds. The van der Waals surface area contributed by atoms with Crippen LogP contribution in [0.2, 0.25) is 5.02 Å². The minimum absolute atomic E-state index is 0.0352. The summed E-state index contributed by atoms with van der Waals surface area (Å²) < 4.78 is 5.57. The number of halogens is 1. The Morgan fingerprint density at radius 1 is 1.15 bits per heavy atom. The molecule has 4 rings (SSSR count). The summed E-state index contributed by atoms with van der Waals surface area (Å²) in [7, 11) is 0. The number of carbonyl (C=O) groups is 1. The zero-order chi connectivity index (χ0) is 23.4. The van der Waals surface area contributed by atoms with Crippen LogP contribution in [0, 0.1) is 10.1 Å². The van der Waals surface area contributed by atoms with E-state index in [4.69, 9.17) is 16.0 Å². The SMILES string of the molecule is O=C(O)/C(=C\c1ccc(N2CCCCC2)c([N+](=O)[O-])c1)Sc1nnc(-c2ccc(Cl)cc2)o1. The van der Waals surface area contributed by atoms with Crippen molar-refractivity contribution in [1.29, 1.82) is 0 Å². The molecule has 0 unspecified atom stereocenters. The summed E-state index contributed by atoms with van der Waals surface area (Å²) in [5, 5.41) is 29.8. The number of benzene rings is 2. The molecule has 170 valence electrons. The van der Waals surface area contributed by atoms with E-state index in [0.717, 1.165) is 44.1 Å². The molecular weight excluding hydrogens is 468 g/mol. The molecule has 1 N–H and O–H groups in total. The van der Waals surface area contributed by atoms with E-state index in [1.165, 1.54) is 12.1 Å². The van der Waals surface area contributed by atoms with E-state index < -0.39 is 10.9 Å². The monoisotopic (exact) mass is 486 g/mol. The number of aromatic nitrogens is 2. The summed E-state index contributed by atoms with van der Waals surface area (Å²) in [4.78, 5) is 25.0. The fourth-order valence-corrected chi connectivity index (χ4v) is 4.32. The third-order valence-electron chi connectivity index (χ3n) is 5.10. The van der Waals surface area contributed by atoms with Crippen molar-refractivity contribution in [3.8, 4) is 11.5 Å². The van der Waals surface area contributed by atoms with Crippen LogP contribution in [0.3, 0.4) is 0 Å². The molecule has 0 radical (unpaired) electrons. The number of rotatable bonds is 7. The molecule has 0 spiro atoms. The van der Waals surface area contributed by atoms with Gasteiger partial charge in [0.15, 0.2) is 0 Å². The molecule has 3 aromatic rings. The quantitative estimate of drug-likeness (QED) is 0.199. The van der Waals surface area contributed by atoms with E-state index in [9.17, 15) is 20.0 Å². The van der Waals surface area contributed by atoms with Gasteiger partial charge in [0.05, 0.1) is 4.92 Å². The van der Waals surface area contributed by atoms with Crippen LogP contribution in [0.4, 0.5) is 11.4 Å². The van der Waals surface area contributed by atoms with Gasteiger partial charge in [0.2, 0.25) is 5.89 Å². The fourth-order valence-electron chi connectivity index (χ4n) is 3.52. The predicted octanol–water partition coefficient (Wildman–Crippen LogP) is 5.51. The van der Waals surface area contributed by atoms with Gasteiger partial charge in [0, 0.05) is 29.7 Å². The van der Waals surface area contributed by atoms with Crippen LogP contribution in [0.1, 0.15) is 24.8 Å². The van der Waals surface area contributed by atoms with Crippen molar-refractivity contribution in [3.05, 3.63) is 68.1 Å². The van der Waals surface area contributed by atoms with E-state index in [2.05, 4.69) is 10.2 Å². The summed E-state index contributed by atoms with van der Waals surface area (Å²) in [6.45, 7) is 1.53. The third-order valence-corrected chi connectivity index (χ3v) is 6.20. The number of carboxylic acid groups (broad SMARTS) is 1. The first-order valence-electron chi connectivity index (χ1n) is 10.2. The van der Waals surface area contributed by atoms with Gasteiger partial charge in [-0.2, -0.15) is 0 Å². The van der Waals surface area contributed by atoms with E-state index >= 15 is 0 Å². The lowest BCUT2D eigenvalue weighted by molar-refractivity contribution is -0.384. The standard InChI is InChI=1S/C22H19ClN4O5S/c23-16-7-5-15(6-8-16)20-24-25-22(32-20)33-19(21(28)29)13-14-4-9-17(18(12-14)27(30)31)26-10-2-1-3-11-26/h4-9,12-13H,1-3,10-11H2,(H,28,29)/b19-13+. The number of carboxylic acids is 1. The maximum atomic E-state index is 11.8. The van der Waals surface area contributed by atoms with Crippen LogP contribution in [0.5, 0.6) is 0 Å². The highest BCUT2D eigenvalue weighted by Gasteiger charge is 2.22. The molecular formula is C22H19ClN4O5S. The first-order chi connectivity index (χ1) is 15.9. The molecule has 1 aromatic heterocycles. The van der Waals surface area contributed by atoms with Crippen molar-refractivity contribution in [2.75, 3.05) is 18.0 Å². The second-order valence-corrected chi connectivity index (χ2v) is 8.78. The number of hydrogen-bond acceptors (Lipinski definition) is 8. The Balaban J connectivity index is 1.59. The molecule has 1 aliphatic heterocycles. The molecule has 0 atom stereocenters. The molecule has 1 aliphatic rings. The van der Waals surface area contributed by atoms with Crippen molar-refractivity contribution in [2.24, 2.45) is 0 Å². The predicted molar refractivity (Wildman–Crippen MR) is 125 cm³/mol. The lowest BCUT2D eigenvalue weighted by atomic mass is 10.1. The Kier molecular flexibility index (Phi) is 6.95. The summed E-state index contributed by atoms with van der Waals surface area (Å²) in [5.74, 6) is -0.991. The van der Waals surface area contributed by atoms with Gasteiger partial charge in [-0.05, 0) is 73.0 Å². The van der Waals surface area contributed by atoms with Crippen molar-refractivity contribution in [2.45, 2.75) is 24.5 Å². The zero-order valence-corrected chi connectivity index (χ0v) is 18.9. The molecule has 0 saturated carbocycles. The van der Waals surface area contributed by atoms with E-state index in [1.54, 1.807) is 36.4 Å². The summed E-state index contributed by atoms with van der Waals surface area (Å²) in [6, 6.07) is 11.5. The molecule has 33 heavy (non-hydrogen) atoms. The molecule has 11 heteroatoms. The van der Waals surface area contributed by atoms with Crippen molar-refractivity contribution < 1.29 is 19.2 Å². The summed E-state index contributed by atoms with van der Waals surface area (Å²) >= 11 is 6.65. The van der Waals surface area contributed by atoms with Gasteiger partial charge >= 0.3 is 5.97 Å².